The summed E-state index contributed by atoms with van der Waals surface area (Å²) < 4.78 is 14.8. The Morgan fingerprint density at radius 3 is 2.36 bits per heavy atom. The molecule has 4 heteroatoms. The van der Waals surface area contributed by atoms with Crippen LogP contribution < -0.4 is 5.84 Å². The molecule has 11 heavy (non-hydrogen) atoms. The molecule has 3 nitrogen and oxygen atoms in total. The zero-order chi connectivity index (χ0) is 8.32. The molecule has 0 radical (unpaired) electrons. The van der Waals surface area contributed by atoms with E-state index in [1.807, 2.05) is 18.2 Å². The molecule has 0 heterocycles. The van der Waals surface area contributed by atoms with Crippen molar-refractivity contribution in [3.05, 3.63) is 30.3 Å². The number of nitrogens with two attached hydrogens (primary N) is 1. The first-order valence-electron chi connectivity index (χ1n) is 3.13. The summed E-state index contributed by atoms with van der Waals surface area (Å²) >= 11 is 0. The van der Waals surface area contributed by atoms with E-state index in [1.54, 1.807) is 12.1 Å². The molecule has 0 amide bonds. The highest BCUT2D eigenvalue weighted by atomic mass is 32.2. The highest BCUT2D eigenvalue weighted by Crippen LogP contribution is 2.08. The van der Waals surface area contributed by atoms with Crippen molar-refractivity contribution in [2.45, 2.75) is 4.90 Å². The van der Waals surface area contributed by atoms with Crippen molar-refractivity contribution >= 4 is 9.73 Å². The van der Waals surface area contributed by atoms with Crippen LogP contribution >= 0.6 is 0 Å². The third-order valence-electron chi connectivity index (χ3n) is 1.38. The summed E-state index contributed by atoms with van der Waals surface area (Å²) in [5, 5.41) is 0. The molecule has 60 valence electrons. The van der Waals surface area contributed by atoms with Crippen LogP contribution in [0.1, 0.15) is 0 Å². The van der Waals surface area contributed by atoms with E-state index < -0.39 is 9.73 Å². The molecule has 1 atom stereocenters. The van der Waals surface area contributed by atoms with E-state index >= 15 is 0 Å². The van der Waals surface area contributed by atoms with Gasteiger partial charge in [-0.3, -0.25) is 0 Å². The first-order valence-corrected chi connectivity index (χ1v) is 5.05. The number of benzene rings is 1. The summed E-state index contributed by atoms with van der Waals surface area (Å²) in [4.78, 5) is 0.669. The van der Waals surface area contributed by atoms with E-state index in [2.05, 4.69) is 4.47 Å². The second kappa shape index (κ2) is 3.02. The van der Waals surface area contributed by atoms with Gasteiger partial charge in [-0.05, 0) is 12.1 Å². The van der Waals surface area contributed by atoms with Crippen LogP contribution in [0.2, 0.25) is 0 Å². The average molecular weight is 170 g/mol. The molecule has 0 fully saturated rings. The number of nitrogens with zero attached hydrogens (tertiary/aromatic N) is 1. The van der Waals surface area contributed by atoms with Gasteiger partial charge in [0.05, 0.1) is 9.73 Å². The average Bonchev–Trinajstić information content (AvgIpc) is 2.06. The molecule has 0 aliphatic rings. The lowest BCUT2D eigenvalue weighted by Crippen LogP contribution is -2.00. The molecule has 2 N–H and O–H groups in total. The van der Waals surface area contributed by atoms with Gasteiger partial charge in [0.25, 0.3) is 0 Å². The third-order valence-corrected chi connectivity index (χ3v) is 2.93. The van der Waals surface area contributed by atoms with Gasteiger partial charge in [0.2, 0.25) is 0 Å². The van der Waals surface area contributed by atoms with Gasteiger partial charge in [-0.2, -0.15) is 0 Å². The summed E-state index contributed by atoms with van der Waals surface area (Å²) in [6.45, 7) is 0. The molecule has 0 saturated heterocycles. The molecule has 0 aliphatic heterocycles. The van der Waals surface area contributed by atoms with Crippen molar-refractivity contribution in [3.63, 3.8) is 0 Å². The number of hydrogen-bond acceptors (Lipinski definition) is 2. The predicted octanol–water partition coefficient (Wildman–Crippen LogP) is 1.02. The normalized spacial score (nSPS) is 15.5. The predicted molar refractivity (Wildman–Crippen MR) is 45.4 cm³/mol. The maximum Gasteiger partial charge on any atom is 0.0884 e. The zero-order valence-corrected chi connectivity index (χ0v) is 7.04. The second-order valence-electron chi connectivity index (χ2n) is 2.22. The number of hydrogen-bond donors (Lipinski definition) is 1. The fraction of sp³-hybridized carbons (Fsp3) is 0.143. The van der Waals surface area contributed by atoms with Crippen LogP contribution in [0.25, 0.3) is 0 Å². The highest BCUT2D eigenvalue weighted by molar-refractivity contribution is 7.92. The molecular weight excluding hydrogens is 160 g/mol. The Bertz CT molecular complexity index is 339. The first kappa shape index (κ1) is 8.23. The fourth-order valence-corrected chi connectivity index (χ4v) is 1.52. The second-order valence-corrected chi connectivity index (χ2v) is 4.51. The van der Waals surface area contributed by atoms with Crippen molar-refractivity contribution in [1.29, 1.82) is 0 Å². The summed E-state index contributed by atoms with van der Waals surface area (Å²) in [6.07, 6.45) is 1.52. The van der Waals surface area contributed by atoms with Crippen LogP contribution in [0.5, 0.6) is 0 Å². The van der Waals surface area contributed by atoms with Crippen LogP contribution in [-0.2, 0) is 9.73 Å². The van der Waals surface area contributed by atoms with Gasteiger partial charge in [-0.1, -0.05) is 18.2 Å². The molecule has 1 aromatic carbocycles. The maximum atomic E-state index is 11.5. The van der Waals surface area contributed by atoms with E-state index in [-0.39, 0.29) is 0 Å². The van der Waals surface area contributed by atoms with Crippen LogP contribution in [0.15, 0.2) is 39.7 Å². The minimum Gasteiger partial charge on any atom is -0.244 e. The van der Waals surface area contributed by atoms with E-state index in [1.165, 1.54) is 6.26 Å². The molecule has 0 bridgehead atoms. The summed E-state index contributed by atoms with van der Waals surface area (Å²) in [6, 6.07) is 8.97. The molecule has 0 aliphatic carbocycles. The summed E-state index contributed by atoms with van der Waals surface area (Å²) in [5.41, 5.74) is 0. The lowest BCUT2D eigenvalue weighted by molar-refractivity contribution is 0.679. The SMILES string of the molecule is CS(=O)(=NN)c1ccccc1. The monoisotopic (exact) mass is 170 g/mol. The Morgan fingerprint density at radius 1 is 1.36 bits per heavy atom. The summed E-state index contributed by atoms with van der Waals surface area (Å²) in [5.74, 6) is 4.99. The minimum absolute atomic E-state index is 0.669. The van der Waals surface area contributed by atoms with Gasteiger partial charge in [0.15, 0.2) is 0 Å². The van der Waals surface area contributed by atoms with Gasteiger partial charge >= 0.3 is 0 Å². The van der Waals surface area contributed by atoms with E-state index in [0.29, 0.717) is 4.90 Å². The van der Waals surface area contributed by atoms with Gasteiger partial charge in [0.1, 0.15) is 0 Å². The van der Waals surface area contributed by atoms with Crippen molar-refractivity contribution < 1.29 is 4.21 Å². The molecule has 0 spiro atoms. The van der Waals surface area contributed by atoms with E-state index in [0.717, 1.165) is 0 Å². The van der Waals surface area contributed by atoms with Gasteiger partial charge in [-0.15, -0.1) is 4.47 Å². The Morgan fingerprint density at radius 2 is 1.91 bits per heavy atom. The lowest BCUT2D eigenvalue weighted by atomic mass is 10.4. The Balaban J connectivity index is 3.25. The third kappa shape index (κ3) is 1.78. The van der Waals surface area contributed by atoms with Crippen LogP contribution in [-0.4, -0.2) is 10.5 Å². The lowest BCUT2D eigenvalue weighted by Gasteiger charge is -1.99. The topological polar surface area (TPSA) is 55.5 Å². The van der Waals surface area contributed by atoms with Crippen molar-refractivity contribution in [3.8, 4) is 0 Å². The zero-order valence-electron chi connectivity index (χ0n) is 6.23. The largest absolute Gasteiger partial charge is 0.244 e. The van der Waals surface area contributed by atoms with Gasteiger partial charge in [0, 0.05) is 11.2 Å². The van der Waals surface area contributed by atoms with Crippen molar-refractivity contribution in [1.82, 2.24) is 0 Å². The number of rotatable bonds is 1. The Labute approximate surface area is 66.4 Å². The molecular formula is C7H10N2OS. The van der Waals surface area contributed by atoms with Crippen LogP contribution in [0.4, 0.5) is 0 Å². The smallest absolute Gasteiger partial charge is 0.0884 e. The van der Waals surface area contributed by atoms with Crippen molar-refractivity contribution in [2.24, 2.45) is 10.3 Å². The van der Waals surface area contributed by atoms with Gasteiger partial charge in [-0.25, -0.2) is 10.1 Å². The van der Waals surface area contributed by atoms with E-state index in [9.17, 15) is 4.21 Å². The maximum absolute atomic E-state index is 11.5. The molecule has 0 aromatic heterocycles. The molecule has 0 saturated carbocycles. The van der Waals surface area contributed by atoms with E-state index in [4.69, 9.17) is 5.84 Å². The standard InChI is InChI=1S/C7H10N2OS/c1-11(10,9-8)7-5-3-2-4-6-7/h2-6H,8H2,1H3. The fourth-order valence-electron chi connectivity index (χ4n) is 0.734. The molecule has 1 unspecified atom stereocenters. The Kier molecular flexibility index (Phi) is 2.26. The highest BCUT2D eigenvalue weighted by Gasteiger charge is 2.01. The quantitative estimate of drug-likeness (QED) is 0.505. The molecule has 1 rings (SSSR count). The van der Waals surface area contributed by atoms with Crippen molar-refractivity contribution in [2.75, 3.05) is 6.26 Å². The summed E-state index contributed by atoms with van der Waals surface area (Å²) in [7, 11) is -2.35. The first-order chi connectivity index (χ1) is 5.17. The Hall–Kier alpha value is -0.870. The minimum atomic E-state index is -2.35. The van der Waals surface area contributed by atoms with Gasteiger partial charge < -0.3 is 0 Å². The molecule has 1 aromatic rings. The van der Waals surface area contributed by atoms with Crippen LogP contribution in [0.3, 0.4) is 0 Å². The van der Waals surface area contributed by atoms with Crippen LogP contribution in [0, 0.1) is 0 Å².